The lowest BCUT2D eigenvalue weighted by Crippen LogP contribution is -2.23. The van der Waals surface area contributed by atoms with Crippen LogP contribution in [0.25, 0.3) is 0 Å². The van der Waals surface area contributed by atoms with Gasteiger partial charge in [-0.05, 0) is 190 Å². The van der Waals surface area contributed by atoms with Gasteiger partial charge in [-0.2, -0.15) is 0 Å². The maximum Gasteiger partial charge on any atom is 0.0562 e. The fourth-order valence-corrected chi connectivity index (χ4v) is 9.64. The van der Waals surface area contributed by atoms with E-state index in [4.69, 9.17) is 0 Å². The van der Waals surface area contributed by atoms with Gasteiger partial charge in [-0.15, -0.1) is 0 Å². The quantitative estimate of drug-likeness (QED) is 0.144. The molecule has 0 unspecified atom stereocenters. The number of nitrogens with zero attached hydrogens (tertiary/aromatic N) is 3. The highest BCUT2D eigenvalue weighted by Crippen LogP contribution is 2.55. The lowest BCUT2D eigenvalue weighted by molar-refractivity contribution is 1.11. The monoisotopic (exact) mass is 790 g/mol. The molecule has 0 saturated carbocycles. The van der Waals surface area contributed by atoms with Crippen LogP contribution in [0.5, 0.6) is 0 Å². The zero-order chi connectivity index (χ0) is 43.3. The Bertz CT molecular complexity index is 2310. The molecule has 3 nitrogen and oxygen atoms in total. The molecule has 7 rings (SSSR count). The van der Waals surface area contributed by atoms with Gasteiger partial charge in [0, 0.05) is 34.1 Å². The molecule has 0 saturated heterocycles. The number of hydrogen-bond acceptors (Lipinski definition) is 3. The van der Waals surface area contributed by atoms with Gasteiger partial charge in [-0.3, -0.25) is 0 Å². The van der Waals surface area contributed by atoms with Crippen molar-refractivity contribution in [3.8, 4) is 0 Å². The molecular weight excluding hydrogens is 727 g/mol. The van der Waals surface area contributed by atoms with Gasteiger partial charge >= 0.3 is 0 Å². The second-order valence-electron chi connectivity index (χ2n) is 17.7. The number of rotatable bonds is 9. The van der Waals surface area contributed by atoms with Crippen molar-refractivity contribution >= 4 is 51.2 Å². The summed E-state index contributed by atoms with van der Waals surface area (Å²) in [6, 6.07) is 41.4. The van der Waals surface area contributed by atoms with Crippen molar-refractivity contribution in [2.45, 2.75) is 104 Å². The maximum absolute atomic E-state index is 2.56. The van der Waals surface area contributed by atoms with Crippen molar-refractivity contribution in [3.05, 3.63) is 193 Å². The largest absolute Gasteiger partial charge is 0.309 e. The molecule has 0 heterocycles. The molecule has 0 spiro atoms. The molecule has 7 aromatic rings. The van der Waals surface area contributed by atoms with Crippen molar-refractivity contribution in [3.63, 3.8) is 0 Å². The zero-order valence-electron chi connectivity index (χ0n) is 38.7. The van der Waals surface area contributed by atoms with Crippen LogP contribution in [0.1, 0.15) is 83.5 Å². The topological polar surface area (TPSA) is 9.72 Å². The first-order chi connectivity index (χ1) is 28.5. The van der Waals surface area contributed by atoms with Gasteiger partial charge in [0.1, 0.15) is 0 Å². The second-order valence-corrected chi connectivity index (χ2v) is 17.7. The average Bonchev–Trinajstić information content (AvgIpc) is 3.16. The molecule has 7 aromatic carbocycles. The SMILES string of the molecule is Cc1ccc(N(c2ccc(C)cc2C)c2c(C)c(N(c3ccc(C)cc3C)c3ccc(C)cc3C)c(C)c(N(c3ccc(C)cc3C)c3ccc(C)cc3C)c2C)c(C)c1. The zero-order valence-corrected chi connectivity index (χ0v) is 38.7. The summed E-state index contributed by atoms with van der Waals surface area (Å²) in [6.45, 7) is 33.7. The van der Waals surface area contributed by atoms with Crippen LogP contribution in [-0.4, -0.2) is 0 Å². The Morgan fingerprint density at radius 2 is 0.367 bits per heavy atom. The smallest absolute Gasteiger partial charge is 0.0562 e. The van der Waals surface area contributed by atoms with Crippen molar-refractivity contribution in [2.24, 2.45) is 0 Å². The number of hydrogen-bond donors (Lipinski definition) is 0. The minimum atomic E-state index is 1.17. The van der Waals surface area contributed by atoms with Crippen molar-refractivity contribution < 1.29 is 0 Å². The van der Waals surface area contributed by atoms with Crippen molar-refractivity contribution in [1.82, 2.24) is 0 Å². The molecule has 0 N–H and O–H groups in total. The molecular formula is C57H63N3. The van der Waals surface area contributed by atoms with Crippen molar-refractivity contribution in [1.29, 1.82) is 0 Å². The lowest BCUT2D eigenvalue weighted by Gasteiger charge is -2.40. The first-order valence-corrected chi connectivity index (χ1v) is 21.4. The summed E-state index contributed by atoms with van der Waals surface area (Å²) in [4.78, 5) is 7.68. The highest BCUT2D eigenvalue weighted by Gasteiger charge is 2.33. The first-order valence-electron chi connectivity index (χ1n) is 21.4. The molecule has 3 heteroatoms. The third-order valence-electron chi connectivity index (χ3n) is 12.4. The molecule has 60 heavy (non-hydrogen) atoms. The molecule has 0 radical (unpaired) electrons. The Morgan fingerprint density at radius 3 is 0.500 bits per heavy atom. The Kier molecular flexibility index (Phi) is 11.6. The van der Waals surface area contributed by atoms with Crippen LogP contribution in [0, 0.1) is 104 Å². The third-order valence-corrected chi connectivity index (χ3v) is 12.4. The van der Waals surface area contributed by atoms with Gasteiger partial charge in [0.05, 0.1) is 17.1 Å². The molecule has 306 valence electrons. The van der Waals surface area contributed by atoms with E-state index in [1.165, 1.54) is 135 Å². The van der Waals surface area contributed by atoms with Gasteiger partial charge in [0.15, 0.2) is 0 Å². The minimum absolute atomic E-state index is 1.17. The maximum atomic E-state index is 2.56. The van der Waals surface area contributed by atoms with Crippen LogP contribution in [0.15, 0.2) is 109 Å². The van der Waals surface area contributed by atoms with Crippen molar-refractivity contribution in [2.75, 3.05) is 14.7 Å². The third kappa shape index (κ3) is 7.74. The summed E-state index contributed by atoms with van der Waals surface area (Å²) in [7, 11) is 0. The van der Waals surface area contributed by atoms with E-state index in [0.29, 0.717) is 0 Å². The first kappa shape index (κ1) is 42.1. The number of benzene rings is 7. The van der Waals surface area contributed by atoms with Crippen LogP contribution in [0.3, 0.4) is 0 Å². The van der Waals surface area contributed by atoms with Gasteiger partial charge in [-0.25, -0.2) is 0 Å². The van der Waals surface area contributed by atoms with Gasteiger partial charge in [-0.1, -0.05) is 106 Å². The molecule has 0 aliphatic heterocycles. The van der Waals surface area contributed by atoms with E-state index in [2.05, 4.69) is 228 Å². The average molecular weight is 790 g/mol. The fraction of sp³-hybridized carbons (Fsp3) is 0.263. The highest BCUT2D eigenvalue weighted by atomic mass is 15.2. The fourth-order valence-electron chi connectivity index (χ4n) is 9.64. The highest BCUT2D eigenvalue weighted by molar-refractivity contribution is 5.98. The van der Waals surface area contributed by atoms with Gasteiger partial charge < -0.3 is 14.7 Å². The lowest BCUT2D eigenvalue weighted by atomic mass is 9.92. The molecule has 0 fully saturated rings. The molecule has 0 atom stereocenters. The summed E-state index contributed by atoms with van der Waals surface area (Å²) in [5.74, 6) is 0. The van der Waals surface area contributed by atoms with Gasteiger partial charge in [0.2, 0.25) is 0 Å². The Hall–Kier alpha value is -6.06. The summed E-state index contributed by atoms with van der Waals surface area (Å²) in [6.07, 6.45) is 0. The van der Waals surface area contributed by atoms with E-state index in [9.17, 15) is 0 Å². The van der Waals surface area contributed by atoms with Crippen LogP contribution in [0.4, 0.5) is 51.2 Å². The molecule has 0 aromatic heterocycles. The predicted octanol–water partition coefficient (Wildman–Crippen LogP) is 16.7. The summed E-state index contributed by atoms with van der Waals surface area (Å²) in [5, 5.41) is 0. The molecule has 0 aliphatic carbocycles. The van der Waals surface area contributed by atoms with Gasteiger partial charge in [0.25, 0.3) is 0 Å². The minimum Gasteiger partial charge on any atom is -0.309 e. The van der Waals surface area contributed by atoms with E-state index in [0.717, 1.165) is 0 Å². The Morgan fingerprint density at radius 1 is 0.217 bits per heavy atom. The molecule has 0 bridgehead atoms. The summed E-state index contributed by atoms with van der Waals surface area (Å²) in [5.41, 5.74) is 29.2. The van der Waals surface area contributed by atoms with E-state index >= 15 is 0 Å². The normalized spacial score (nSPS) is 11.2. The van der Waals surface area contributed by atoms with Crippen LogP contribution < -0.4 is 14.7 Å². The Balaban J connectivity index is 1.74. The van der Waals surface area contributed by atoms with Crippen LogP contribution in [0.2, 0.25) is 0 Å². The van der Waals surface area contributed by atoms with Crippen LogP contribution in [-0.2, 0) is 0 Å². The summed E-state index contributed by atoms with van der Waals surface area (Å²) < 4.78 is 0. The number of anilines is 9. The van der Waals surface area contributed by atoms with E-state index in [1.807, 2.05) is 0 Å². The van der Waals surface area contributed by atoms with E-state index in [1.54, 1.807) is 0 Å². The predicted molar refractivity (Wildman–Crippen MR) is 262 cm³/mol. The Labute approximate surface area is 361 Å². The number of aryl methyl sites for hydroxylation is 12. The summed E-state index contributed by atoms with van der Waals surface area (Å²) >= 11 is 0. The molecule has 0 aliphatic rings. The van der Waals surface area contributed by atoms with E-state index < -0.39 is 0 Å². The van der Waals surface area contributed by atoms with Crippen LogP contribution >= 0.6 is 0 Å². The van der Waals surface area contributed by atoms with E-state index in [-0.39, 0.29) is 0 Å². The molecule has 0 amide bonds. The standard InChI is InChI=1S/C57H63N3/c1-34-16-22-49(40(7)28-34)58(50-23-17-35(2)29-41(50)8)55-46(13)56(59(51-24-18-36(3)30-42(51)9)52-25-19-37(4)31-43(52)10)48(15)57(47(55)14)60(53-26-20-38(5)32-44(53)11)54-27-21-39(6)33-45(54)12/h16-33H,1-15H3. The second kappa shape index (κ2) is 16.5.